The van der Waals surface area contributed by atoms with Gasteiger partial charge in [0.15, 0.2) is 0 Å². The van der Waals surface area contributed by atoms with Crippen molar-refractivity contribution in [2.75, 3.05) is 18.0 Å². The number of thiocarbonyl (C=S) groups is 1. The number of hydrogen-bond donors (Lipinski definition) is 2. The second-order valence-corrected chi connectivity index (χ2v) is 6.18. The van der Waals surface area contributed by atoms with Gasteiger partial charge < -0.3 is 15.7 Å². The van der Waals surface area contributed by atoms with Gasteiger partial charge in [-0.1, -0.05) is 30.4 Å². The van der Waals surface area contributed by atoms with Crippen LogP contribution in [0, 0.1) is 0 Å². The Labute approximate surface area is 130 Å². The standard InChI is InChI=1S/C16H21N3OS/c1-4-19(10-16(2,3)20)14-9-12(15(17)21)11-7-5-6-8-13(11)18-14/h5-9,20H,4,10H2,1-3H3,(H2,17,21). The van der Waals surface area contributed by atoms with Crippen LogP contribution in [0.15, 0.2) is 30.3 Å². The fourth-order valence-electron chi connectivity index (χ4n) is 2.35. The fourth-order valence-corrected chi connectivity index (χ4v) is 2.52. The van der Waals surface area contributed by atoms with Crippen LogP contribution in [-0.2, 0) is 0 Å². The molecule has 4 nitrogen and oxygen atoms in total. The molecule has 1 heterocycles. The minimum atomic E-state index is -0.799. The molecule has 0 atom stereocenters. The van der Waals surface area contributed by atoms with E-state index >= 15 is 0 Å². The van der Waals surface area contributed by atoms with Gasteiger partial charge in [-0.05, 0) is 32.9 Å². The van der Waals surface area contributed by atoms with Gasteiger partial charge in [-0.3, -0.25) is 0 Å². The van der Waals surface area contributed by atoms with Gasteiger partial charge in [0.1, 0.15) is 10.8 Å². The SMILES string of the molecule is CCN(CC(C)(C)O)c1cc(C(N)=S)c2ccccc2n1. The van der Waals surface area contributed by atoms with E-state index in [1.807, 2.05) is 42.2 Å². The highest BCUT2D eigenvalue weighted by atomic mass is 32.1. The molecule has 112 valence electrons. The lowest BCUT2D eigenvalue weighted by Gasteiger charge is -2.29. The third kappa shape index (κ3) is 3.68. The molecule has 0 bridgehead atoms. The number of anilines is 1. The van der Waals surface area contributed by atoms with E-state index < -0.39 is 5.60 Å². The Balaban J connectivity index is 2.56. The maximum atomic E-state index is 10.1. The van der Waals surface area contributed by atoms with Crippen LogP contribution in [0.4, 0.5) is 5.82 Å². The van der Waals surface area contributed by atoms with Gasteiger partial charge >= 0.3 is 0 Å². The largest absolute Gasteiger partial charge is 0.389 e. The summed E-state index contributed by atoms with van der Waals surface area (Å²) in [6.45, 7) is 6.83. The van der Waals surface area contributed by atoms with Crippen molar-refractivity contribution in [3.63, 3.8) is 0 Å². The third-order valence-corrected chi connectivity index (χ3v) is 3.47. The number of aliphatic hydroxyl groups is 1. The molecule has 3 N–H and O–H groups in total. The minimum Gasteiger partial charge on any atom is -0.389 e. The molecule has 0 aliphatic heterocycles. The Bertz CT molecular complexity index is 664. The number of benzene rings is 1. The molecule has 1 aromatic carbocycles. The smallest absolute Gasteiger partial charge is 0.130 e. The van der Waals surface area contributed by atoms with E-state index in [1.165, 1.54) is 0 Å². The predicted octanol–water partition coefficient (Wildman–Crippen LogP) is 2.47. The Morgan fingerprint density at radius 3 is 2.62 bits per heavy atom. The number of likely N-dealkylation sites (N-methyl/N-ethyl adjacent to an activating group) is 1. The highest BCUT2D eigenvalue weighted by Gasteiger charge is 2.19. The zero-order valence-corrected chi connectivity index (χ0v) is 13.4. The molecule has 0 aliphatic carbocycles. The van der Waals surface area contributed by atoms with E-state index in [0.717, 1.165) is 28.8 Å². The topological polar surface area (TPSA) is 62.4 Å². The van der Waals surface area contributed by atoms with E-state index in [9.17, 15) is 5.11 Å². The van der Waals surface area contributed by atoms with Crippen LogP contribution in [0.2, 0.25) is 0 Å². The summed E-state index contributed by atoms with van der Waals surface area (Å²) >= 11 is 5.16. The third-order valence-electron chi connectivity index (χ3n) is 3.25. The zero-order valence-electron chi connectivity index (χ0n) is 12.6. The van der Waals surface area contributed by atoms with Crippen molar-refractivity contribution in [3.05, 3.63) is 35.9 Å². The van der Waals surface area contributed by atoms with E-state index in [4.69, 9.17) is 18.0 Å². The molecule has 0 saturated carbocycles. The van der Waals surface area contributed by atoms with Crippen LogP contribution in [-0.4, -0.2) is 33.8 Å². The first-order valence-electron chi connectivity index (χ1n) is 6.99. The van der Waals surface area contributed by atoms with Crippen molar-refractivity contribution in [1.29, 1.82) is 0 Å². The lowest BCUT2D eigenvalue weighted by Crippen LogP contribution is -2.39. The number of fused-ring (bicyclic) bond motifs is 1. The van der Waals surface area contributed by atoms with Gasteiger partial charge in [0.2, 0.25) is 0 Å². The summed E-state index contributed by atoms with van der Waals surface area (Å²) in [5, 5.41) is 11.0. The first-order valence-corrected chi connectivity index (χ1v) is 7.39. The summed E-state index contributed by atoms with van der Waals surface area (Å²) in [7, 11) is 0. The summed E-state index contributed by atoms with van der Waals surface area (Å²) in [5.74, 6) is 0.779. The van der Waals surface area contributed by atoms with Crippen molar-refractivity contribution in [1.82, 2.24) is 4.98 Å². The molecule has 0 spiro atoms. The average Bonchev–Trinajstić information content (AvgIpc) is 2.42. The molecule has 0 saturated heterocycles. The lowest BCUT2D eigenvalue weighted by atomic mass is 10.1. The molecule has 21 heavy (non-hydrogen) atoms. The van der Waals surface area contributed by atoms with Crippen LogP contribution in [0.25, 0.3) is 10.9 Å². The zero-order chi connectivity index (χ0) is 15.6. The first kappa shape index (κ1) is 15.7. The van der Waals surface area contributed by atoms with Crippen LogP contribution in [0.3, 0.4) is 0 Å². The van der Waals surface area contributed by atoms with Crippen LogP contribution >= 0.6 is 12.2 Å². The molecule has 0 aliphatic rings. The Morgan fingerprint density at radius 1 is 1.38 bits per heavy atom. The monoisotopic (exact) mass is 303 g/mol. The van der Waals surface area contributed by atoms with Gasteiger partial charge in [0, 0.05) is 24.0 Å². The van der Waals surface area contributed by atoms with Gasteiger partial charge in [0.25, 0.3) is 0 Å². The maximum absolute atomic E-state index is 10.1. The molecule has 0 amide bonds. The van der Waals surface area contributed by atoms with Gasteiger partial charge in [-0.15, -0.1) is 0 Å². The van der Waals surface area contributed by atoms with Gasteiger partial charge in [0.05, 0.1) is 11.1 Å². The molecule has 1 aromatic heterocycles. The lowest BCUT2D eigenvalue weighted by molar-refractivity contribution is 0.0874. The Hall–Kier alpha value is -1.72. The van der Waals surface area contributed by atoms with E-state index in [2.05, 4.69) is 4.98 Å². The van der Waals surface area contributed by atoms with Crippen molar-refractivity contribution in [2.24, 2.45) is 5.73 Å². The number of nitrogens with two attached hydrogens (primary N) is 1. The number of pyridine rings is 1. The highest BCUT2D eigenvalue weighted by molar-refractivity contribution is 7.80. The quantitative estimate of drug-likeness (QED) is 0.831. The van der Waals surface area contributed by atoms with E-state index in [1.54, 1.807) is 13.8 Å². The van der Waals surface area contributed by atoms with Crippen LogP contribution in [0.5, 0.6) is 0 Å². The maximum Gasteiger partial charge on any atom is 0.130 e. The summed E-state index contributed by atoms with van der Waals surface area (Å²) in [6.07, 6.45) is 0. The van der Waals surface area contributed by atoms with E-state index in [0.29, 0.717) is 11.5 Å². The molecule has 0 unspecified atom stereocenters. The van der Waals surface area contributed by atoms with Gasteiger partial charge in [-0.2, -0.15) is 0 Å². The summed E-state index contributed by atoms with van der Waals surface area (Å²) in [6, 6.07) is 9.69. The van der Waals surface area contributed by atoms with Crippen LogP contribution < -0.4 is 10.6 Å². The van der Waals surface area contributed by atoms with Gasteiger partial charge in [-0.25, -0.2) is 4.98 Å². The number of hydrogen-bond acceptors (Lipinski definition) is 4. The summed E-state index contributed by atoms with van der Waals surface area (Å²) < 4.78 is 0. The highest BCUT2D eigenvalue weighted by Crippen LogP contribution is 2.24. The van der Waals surface area contributed by atoms with Crippen molar-refractivity contribution >= 4 is 33.9 Å². The Morgan fingerprint density at radius 2 is 2.05 bits per heavy atom. The van der Waals surface area contributed by atoms with Crippen molar-refractivity contribution in [3.8, 4) is 0 Å². The minimum absolute atomic E-state index is 0.356. The number of nitrogens with zero attached hydrogens (tertiary/aromatic N) is 2. The molecule has 0 radical (unpaired) electrons. The molecule has 0 fully saturated rings. The molecular formula is C16H21N3OS. The fraction of sp³-hybridized carbons (Fsp3) is 0.375. The van der Waals surface area contributed by atoms with Crippen molar-refractivity contribution in [2.45, 2.75) is 26.4 Å². The number of aromatic nitrogens is 1. The summed E-state index contributed by atoms with van der Waals surface area (Å²) in [4.78, 5) is 7.05. The molecule has 2 aromatic rings. The molecular weight excluding hydrogens is 282 g/mol. The summed E-state index contributed by atoms with van der Waals surface area (Å²) in [5.41, 5.74) is 6.73. The van der Waals surface area contributed by atoms with Crippen LogP contribution in [0.1, 0.15) is 26.3 Å². The van der Waals surface area contributed by atoms with Crippen molar-refractivity contribution < 1.29 is 5.11 Å². The first-order chi connectivity index (χ1) is 9.81. The average molecular weight is 303 g/mol. The number of para-hydroxylation sites is 1. The Kier molecular flexibility index (Phi) is 4.44. The second kappa shape index (κ2) is 5.95. The predicted molar refractivity (Wildman–Crippen MR) is 91.8 cm³/mol. The second-order valence-electron chi connectivity index (χ2n) is 5.74. The van der Waals surface area contributed by atoms with E-state index in [-0.39, 0.29) is 0 Å². The molecule has 2 rings (SSSR count). The molecule has 5 heteroatoms. The number of rotatable bonds is 5. The normalized spacial score (nSPS) is 11.6.